The Bertz CT molecular complexity index is 1350. The highest BCUT2D eigenvalue weighted by atomic mass is 35.6. The minimum atomic E-state index is -2.01. The number of carbonyl (C=O) groups is 5. The fourth-order valence-electron chi connectivity index (χ4n) is 4.18. The summed E-state index contributed by atoms with van der Waals surface area (Å²) in [6, 6.07) is 7.32. The molecule has 3 rings (SSSR count). The molecule has 47 heavy (non-hydrogen) atoms. The van der Waals surface area contributed by atoms with Crippen LogP contribution < -0.4 is 10.1 Å². The molecule has 11 nitrogen and oxygen atoms in total. The first kappa shape index (κ1) is 40.5. The second kappa shape index (κ2) is 16.9. The maximum atomic E-state index is 13.3. The van der Waals surface area contributed by atoms with Gasteiger partial charge in [-0.2, -0.15) is 0 Å². The molecule has 0 aliphatic carbocycles. The number of carbonyl (C=O) groups excluding carboxylic acids is 5. The number of benzene rings is 1. The molecule has 21 heteroatoms. The molecule has 0 spiro atoms. The van der Waals surface area contributed by atoms with Gasteiger partial charge in [-0.1, -0.05) is 123 Å². The molecule has 1 aromatic rings. The number of alkyl halides is 9. The van der Waals surface area contributed by atoms with Crippen molar-refractivity contribution in [2.24, 2.45) is 5.92 Å². The number of para-hydroxylation sites is 1. The summed E-state index contributed by atoms with van der Waals surface area (Å²) >= 11 is 52.5. The number of nitrogens with one attached hydrogen (secondary N) is 1. The van der Waals surface area contributed by atoms with Crippen molar-refractivity contribution in [2.45, 2.75) is 41.4 Å². The zero-order valence-corrected chi connectivity index (χ0v) is 31.3. The third-order valence-corrected chi connectivity index (χ3v) is 8.83. The normalized spacial score (nSPS) is 19.9. The van der Waals surface area contributed by atoms with Gasteiger partial charge in [-0.15, -0.1) is 11.8 Å². The quantitative estimate of drug-likeness (QED) is 0.0896. The van der Waals surface area contributed by atoms with E-state index in [4.69, 9.17) is 123 Å². The number of thioether (sulfide) groups is 1. The first-order valence-electron chi connectivity index (χ1n) is 13.0. The van der Waals surface area contributed by atoms with Gasteiger partial charge in [-0.25, -0.2) is 4.79 Å². The summed E-state index contributed by atoms with van der Waals surface area (Å²) in [5.41, 5.74) is -0.0634. The Hall–Kier alpha value is -0.930. The topological polar surface area (TPSA) is 138 Å². The lowest BCUT2D eigenvalue weighted by Crippen LogP contribution is -2.71. The lowest BCUT2D eigenvalue weighted by Gasteiger charge is -2.51. The summed E-state index contributed by atoms with van der Waals surface area (Å²) in [6.07, 6.45) is -0.383. The maximum Gasteiger partial charge on any atom is 0.355 e. The Kier molecular flexibility index (Phi) is 14.5. The van der Waals surface area contributed by atoms with Gasteiger partial charge in [0.25, 0.3) is 11.8 Å². The Morgan fingerprint density at radius 1 is 0.851 bits per heavy atom. The molecule has 260 valence electrons. The van der Waals surface area contributed by atoms with Crippen LogP contribution in [-0.2, 0) is 38.2 Å². The van der Waals surface area contributed by atoms with E-state index < -0.39 is 90.1 Å². The molecule has 2 aliphatic rings. The minimum Gasteiger partial charge on any atom is -0.484 e. The number of esters is 3. The summed E-state index contributed by atoms with van der Waals surface area (Å²) < 4.78 is 14.6. The van der Waals surface area contributed by atoms with Crippen LogP contribution in [0, 0.1) is 5.92 Å². The average molecular weight is 859 g/mol. The Balaban J connectivity index is 1.89. The van der Waals surface area contributed by atoms with Crippen molar-refractivity contribution in [1.29, 1.82) is 0 Å². The third-order valence-electron chi connectivity index (χ3n) is 6.21. The van der Waals surface area contributed by atoms with E-state index in [2.05, 4.69) is 5.32 Å². The van der Waals surface area contributed by atoms with Crippen molar-refractivity contribution in [2.75, 3.05) is 26.4 Å². The van der Waals surface area contributed by atoms with Crippen molar-refractivity contribution < 1.29 is 42.9 Å². The molecule has 2 aliphatic heterocycles. The standard InChI is InChI=1S/C26H23Cl9N2O9S/c1-12-15(7-14(21(40)44-9-24(27,28)29)22(41)45-10-25(30,31)32)47-20-17(36-16(38)8-43-13-5-3-2-4-6-13)19(39)37(20)18(12)23(42)46-11-26(33,34)35/h2-6,14-15,17,20H,7-11H2,1H3,(H,36,38)/t15?,17?,20-/m1/s1. The Morgan fingerprint density at radius 2 is 1.36 bits per heavy atom. The first-order chi connectivity index (χ1) is 21.7. The summed E-state index contributed by atoms with van der Waals surface area (Å²) in [7, 11) is 0. The van der Waals surface area contributed by atoms with Crippen LogP contribution >= 0.6 is 116 Å². The summed E-state index contributed by atoms with van der Waals surface area (Å²) in [5.74, 6) is -5.94. The first-order valence-corrected chi connectivity index (χ1v) is 17.4. The van der Waals surface area contributed by atoms with Crippen LogP contribution in [0.3, 0.4) is 0 Å². The Morgan fingerprint density at radius 3 is 1.87 bits per heavy atom. The van der Waals surface area contributed by atoms with Gasteiger partial charge < -0.3 is 24.3 Å². The molecule has 1 N–H and O–H groups in total. The lowest BCUT2D eigenvalue weighted by molar-refractivity contribution is -0.162. The van der Waals surface area contributed by atoms with Gasteiger partial charge in [0, 0.05) is 5.25 Å². The molecule has 2 unspecified atom stereocenters. The van der Waals surface area contributed by atoms with Crippen molar-refractivity contribution >= 4 is 146 Å². The van der Waals surface area contributed by atoms with E-state index >= 15 is 0 Å². The molecule has 2 heterocycles. The smallest absolute Gasteiger partial charge is 0.355 e. The SMILES string of the molecule is CC1=C(C(=O)OCC(Cl)(Cl)Cl)N2C(=O)C(NC(=O)COc3ccccc3)[C@H]2SC1CC(C(=O)OCC(Cl)(Cl)Cl)C(=O)OCC(Cl)(Cl)Cl. The molecule has 2 amide bonds. The fraction of sp³-hybridized carbons (Fsp3) is 0.500. The zero-order chi connectivity index (χ0) is 35.3. The highest BCUT2D eigenvalue weighted by molar-refractivity contribution is 8.00. The van der Waals surface area contributed by atoms with E-state index in [-0.39, 0.29) is 17.7 Å². The molecular weight excluding hydrogens is 835 g/mol. The molecule has 0 bridgehead atoms. The zero-order valence-electron chi connectivity index (χ0n) is 23.7. The number of amides is 2. The second-order valence-corrected chi connectivity index (χ2v) is 18.7. The molecule has 0 radical (unpaired) electrons. The molecular formula is C26H23Cl9N2O9S. The Labute approximate surface area is 317 Å². The molecule has 1 aromatic carbocycles. The predicted octanol–water partition coefficient (Wildman–Crippen LogP) is 5.85. The summed E-state index contributed by atoms with van der Waals surface area (Å²) in [6.45, 7) is -1.09. The number of nitrogens with zero attached hydrogens (tertiary/aromatic N) is 1. The maximum absolute atomic E-state index is 13.3. The molecule has 1 saturated heterocycles. The van der Waals surface area contributed by atoms with Gasteiger partial charge in [0.05, 0.1) is 0 Å². The number of hydrogen-bond donors (Lipinski definition) is 1. The largest absolute Gasteiger partial charge is 0.484 e. The van der Waals surface area contributed by atoms with E-state index in [9.17, 15) is 24.0 Å². The van der Waals surface area contributed by atoms with Crippen LogP contribution in [0.15, 0.2) is 41.6 Å². The van der Waals surface area contributed by atoms with Crippen LogP contribution in [-0.4, -0.2) is 89.1 Å². The van der Waals surface area contributed by atoms with Crippen LogP contribution in [0.1, 0.15) is 13.3 Å². The number of ether oxygens (including phenoxy) is 4. The van der Waals surface area contributed by atoms with Gasteiger partial charge in [0.2, 0.25) is 11.4 Å². The van der Waals surface area contributed by atoms with Crippen LogP contribution in [0.5, 0.6) is 5.75 Å². The number of fused-ring (bicyclic) bond motifs is 1. The number of hydrogen-bond acceptors (Lipinski definition) is 10. The van der Waals surface area contributed by atoms with Crippen molar-refractivity contribution in [3.63, 3.8) is 0 Å². The second-order valence-electron chi connectivity index (χ2n) is 9.83. The van der Waals surface area contributed by atoms with Gasteiger partial charge in [0.15, 0.2) is 12.5 Å². The summed E-state index contributed by atoms with van der Waals surface area (Å²) in [4.78, 5) is 66.5. The van der Waals surface area contributed by atoms with Crippen LogP contribution in [0.2, 0.25) is 0 Å². The van der Waals surface area contributed by atoms with Gasteiger partial charge in [0.1, 0.15) is 42.7 Å². The number of β-lactam (4-membered cyclic amide) rings is 1. The molecule has 0 saturated carbocycles. The monoisotopic (exact) mass is 854 g/mol. The third kappa shape index (κ3) is 12.4. The molecule has 1 fully saturated rings. The van der Waals surface area contributed by atoms with E-state index in [0.717, 1.165) is 16.7 Å². The van der Waals surface area contributed by atoms with E-state index in [0.29, 0.717) is 5.75 Å². The number of rotatable bonds is 12. The highest BCUT2D eigenvalue weighted by Gasteiger charge is 2.56. The minimum absolute atomic E-state index is 0.194. The average Bonchev–Trinajstić information content (AvgIpc) is 2.97. The van der Waals surface area contributed by atoms with Gasteiger partial charge >= 0.3 is 17.9 Å². The van der Waals surface area contributed by atoms with Gasteiger partial charge in [-0.05, 0) is 31.1 Å². The predicted molar refractivity (Wildman–Crippen MR) is 180 cm³/mol. The highest BCUT2D eigenvalue weighted by Crippen LogP contribution is 2.47. The van der Waals surface area contributed by atoms with Crippen LogP contribution in [0.25, 0.3) is 0 Å². The van der Waals surface area contributed by atoms with E-state index in [1.54, 1.807) is 30.3 Å². The van der Waals surface area contributed by atoms with E-state index in [1.807, 2.05) is 0 Å². The fourth-order valence-corrected chi connectivity index (χ4v) is 6.30. The number of halogens is 9. The molecule has 3 atom stereocenters. The van der Waals surface area contributed by atoms with Crippen molar-refractivity contribution in [3.05, 3.63) is 41.6 Å². The van der Waals surface area contributed by atoms with Crippen molar-refractivity contribution in [3.8, 4) is 5.75 Å². The van der Waals surface area contributed by atoms with Crippen LogP contribution in [0.4, 0.5) is 0 Å². The van der Waals surface area contributed by atoms with Gasteiger partial charge in [-0.3, -0.25) is 24.1 Å². The molecule has 0 aromatic heterocycles. The van der Waals surface area contributed by atoms with E-state index in [1.165, 1.54) is 6.92 Å². The van der Waals surface area contributed by atoms with Crippen molar-refractivity contribution in [1.82, 2.24) is 10.2 Å². The lowest BCUT2D eigenvalue weighted by atomic mass is 9.95. The summed E-state index contributed by atoms with van der Waals surface area (Å²) in [5, 5.41) is 0.776.